The molecule has 0 unspecified atom stereocenters. The molecule has 0 amide bonds. The number of benzene rings is 12. The van der Waals surface area contributed by atoms with Gasteiger partial charge in [-0.1, -0.05) is 242 Å². The Hall–Kier alpha value is -11.2. The molecule has 17 rings (SSSR count). The molecule has 12 aromatic carbocycles. The van der Waals surface area contributed by atoms with Crippen LogP contribution in [0.1, 0.15) is 74.9 Å². The molecule has 1 aliphatic carbocycles. The Morgan fingerprint density at radius 2 is 0.860 bits per heavy atom. The third-order valence-electron chi connectivity index (χ3n) is 19.6. The summed E-state index contributed by atoms with van der Waals surface area (Å²) in [6, 6.07) is 108. The van der Waals surface area contributed by atoms with E-state index in [9.17, 15) is 0 Å². The lowest BCUT2D eigenvalue weighted by atomic mass is 9.67. The van der Waals surface area contributed by atoms with Crippen LogP contribution in [0.5, 0.6) is 11.5 Å². The largest absolute Gasteiger partial charge is 0.457 e. The first-order valence-corrected chi connectivity index (χ1v) is 32.4. The van der Waals surface area contributed by atoms with Gasteiger partial charge in [0, 0.05) is 62.4 Å². The van der Waals surface area contributed by atoms with E-state index >= 15 is 0 Å². The molecule has 0 saturated carbocycles. The molecular weight excluding hydrogens is 1130 g/mol. The fourth-order valence-corrected chi connectivity index (χ4v) is 15.2. The smallest absolute Gasteiger partial charge is 0.137 e. The highest BCUT2D eigenvalue weighted by Crippen LogP contribution is 2.59. The van der Waals surface area contributed by atoms with E-state index in [1.54, 1.807) is 0 Å². The van der Waals surface area contributed by atoms with E-state index in [1.165, 1.54) is 60.8 Å². The SMILES string of the molecule is CC(C)(C)c1ccc(C2(c3cc(Oc4ccc5c6ccccc6n(-c6cc(C(C)(C)C)ccn6)c5c4)cc(N4CN(c5c(-c6ccccc6)cc(-n6c7ccccc7c7ccccc76)cc5-c5ccccc5)c5ccccc54)c3)c3ccccc3-c3ccccc32)cc1. The zero-order valence-electron chi connectivity index (χ0n) is 53.1. The second-order valence-corrected chi connectivity index (χ2v) is 27.1. The van der Waals surface area contributed by atoms with Crippen LogP contribution in [-0.2, 0) is 16.2 Å². The maximum atomic E-state index is 7.56. The van der Waals surface area contributed by atoms with Crippen LogP contribution in [0, 0.1) is 0 Å². The molecule has 93 heavy (non-hydrogen) atoms. The van der Waals surface area contributed by atoms with Gasteiger partial charge in [-0.15, -0.1) is 0 Å². The van der Waals surface area contributed by atoms with Crippen molar-refractivity contribution in [2.45, 2.75) is 57.8 Å². The highest BCUT2D eigenvalue weighted by molar-refractivity contribution is 6.11. The van der Waals surface area contributed by atoms with Gasteiger partial charge in [-0.2, -0.15) is 0 Å². The number of fused-ring (bicyclic) bond motifs is 10. The van der Waals surface area contributed by atoms with Crippen LogP contribution in [-0.4, -0.2) is 20.8 Å². The molecule has 0 atom stereocenters. The van der Waals surface area contributed by atoms with Crippen LogP contribution in [0.2, 0.25) is 0 Å². The first kappa shape index (κ1) is 55.8. The number of hydrogen-bond acceptors (Lipinski definition) is 4. The second-order valence-electron chi connectivity index (χ2n) is 27.1. The number of ether oxygens (including phenoxy) is 1. The van der Waals surface area contributed by atoms with E-state index in [1.807, 2.05) is 6.20 Å². The lowest BCUT2D eigenvalue weighted by Crippen LogP contribution is -2.30. The van der Waals surface area contributed by atoms with Gasteiger partial charge >= 0.3 is 0 Å². The van der Waals surface area contributed by atoms with Crippen molar-refractivity contribution in [2.75, 3.05) is 16.5 Å². The molecule has 0 fully saturated rings. The second kappa shape index (κ2) is 21.5. The minimum atomic E-state index is -0.750. The summed E-state index contributed by atoms with van der Waals surface area (Å²) >= 11 is 0. The highest BCUT2D eigenvalue weighted by Gasteiger charge is 2.47. The third-order valence-corrected chi connectivity index (χ3v) is 19.6. The van der Waals surface area contributed by atoms with Crippen LogP contribution < -0.4 is 14.5 Å². The summed E-state index contributed by atoms with van der Waals surface area (Å²) in [7, 11) is 0. The molecule has 0 spiro atoms. The van der Waals surface area contributed by atoms with Crippen molar-refractivity contribution in [1.82, 2.24) is 14.1 Å². The Bertz CT molecular complexity index is 5270. The summed E-state index contributed by atoms with van der Waals surface area (Å²) in [5, 5.41) is 4.75. The number of hydrogen-bond donors (Lipinski definition) is 0. The molecule has 2 aliphatic rings. The Kier molecular flexibility index (Phi) is 12.9. The number of rotatable bonds is 10. The Morgan fingerprint density at radius 1 is 0.355 bits per heavy atom. The molecule has 3 aromatic heterocycles. The number of anilines is 4. The number of nitrogens with zero attached hydrogens (tertiary/aromatic N) is 5. The monoisotopic (exact) mass is 1200 g/mol. The standard InChI is InChI=1S/C87H69N5O/c1-85(2,3)59-41-43-60(44-42-59)87(75-34-18-13-29-67(75)68-30-14-19-35-76(68)87)62-49-63(52-66(50-62)93-65-45-46-72-71-33-17-22-38-79(71)92(82(72)55-65)83-51-61(47-48-88-83)86(4,5)6)89-56-90(81-40-24-23-39-80(81)89)84-73(57-25-9-7-10-26-57)53-64(54-74(84)58-27-11-8-12-28-58)91-77-36-20-15-31-69(77)70-32-16-21-37-78(70)91/h7-55H,56H2,1-6H3. The van der Waals surface area contributed by atoms with E-state index in [0.29, 0.717) is 6.67 Å². The third kappa shape index (κ3) is 9.02. The predicted molar refractivity (Wildman–Crippen MR) is 387 cm³/mol. The van der Waals surface area contributed by atoms with Crippen LogP contribution in [0.15, 0.2) is 297 Å². The van der Waals surface area contributed by atoms with Crippen LogP contribution in [0.3, 0.4) is 0 Å². The molecular formula is C87H69N5O. The normalized spacial score (nSPS) is 13.5. The topological polar surface area (TPSA) is 38.5 Å². The maximum absolute atomic E-state index is 7.56. The van der Waals surface area contributed by atoms with E-state index < -0.39 is 5.41 Å². The van der Waals surface area contributed by atoms with Gasteiger partial charge in [0.2, 0.25) is 0 Å². The quantitative estimate of drug-likeness (QED) is 0.137. The molecule has 6 nitrogen and oxygen atoms in total. The zero-order chi connectivity index (χ0) is 62.7. The van der Waals surface area contributed by atoms with Crippen molar-refractivity contribution in [3.05, 3.63) is 331 Å². The van der Waals surface area contributed by atoms with Crippen molar-refractivity contribution in [2.24, 2.45) is 0 Å². The molecule has 448 valence electrons. The van der Waals surface area contributed by atoms with E-state index in [-0.39, 0.29) is 10.8 Å². The maximum Gasteiger partial charge on any atom is 0.137 e. The van der Waals surface area contributed by atoms with Gasteiger partial charge in [-0.3, -0.25) is 4.57 Å². The minimum absolute atomic E-state index is 0.0442. The van der Waals surface area contributed by atoms with E-state index in [4.69, 9.17) is 9.72 Å². The van der Waals surface area contributed by atoms with Crippen LogP contribution in [0.25, 0.3) is 88.5 Å². The summed E-state index contributed by atoms with van der Waals surface area (Å²) in [4.78, 5) is 10.1. The van der Waals surface area contributed by atoms with Crippen molar-refractivity contribution in [3.63, 3.8) is 0 Å². The molecule has 0 N–H and O–H groups in total. The fourth-order valence-electron chi connectivity index (χ4n) is 15.2. The Morgan fingerprint density at radius 3 is 1.44 bits per heavy atom. The Balaban J connectivity index is 0.900. The molecule has 1 aliphatic heterocycles. The van der Waals surface area contributed by atoms with E-state index in [2.05, 4.69) is 352 Å². The molecule has 15 aromatic rings. The number of aromatic nitrogens is 3. The zero-order valence-corrected chi connectivity index (χ0v) is 53.1. The van der Waals surface area contributed by atoms with Crippen molar-refractivity contribution in [1.29, 1.82) is 0 Å². The highest BCUT2D eigenvalue weighted by atomic mass is 16.5. The van der Waals surface area contributed by atoms with Crippen LogP contribution >= 0.6 is 0 Å². The van der Waals surface area contributed by atoms with Crippen LogP contribution in [0.4, 0.5) is 22.7 Å². The summed E-state index contributed by atoms with van der Waals surface area (Å²) < 4.78 is 12.3. The number of para-hydroxylation sites is 5. The average molecular weight is 1200 g/mol. The molecule has 4 heterocycles. The summed E-state index contributed by atoms with van der Waals surface area (Å²) in [6.45, 7) is 14.2. The first-order chi connectivity index (χ1) is 45.4. The van der Waals surface area contributed by atoms with Gasteiger partial charge in [-0.05, 0) is 145 Å². The molecule has 0 bridgehead atoms. The summed E-state index contributed by atoms with van der Waals surface area (Å²) in [6.07, 6.45) is 1.94. The van der Waals surface area contributed by atoms with Gasteiger partial charge in [0.15, 0.2) is 0 Å². The predicted octanol–water partition coefficient (Wildman–Crippen LogP) is 22.6. The van der Waals surface area contributed by atoms with Gasteiger partial charge < -0.3 is 19.1 Å². The lowest BCUT2D eigenvalue weighted by Gasteiger charge is -2.35. The molecule has 0 radical (unpaired) electrons. The fraction of sp³-hybridized carbons (Fsp3) is 0.115. The van der Waals surface area contributed by atoms with Gasteiger partial charge in [0.05, 0.1) is 44.5 Å². The Labute approximate surface area is 543 Å². The lowest BCUT2D eigenvalue weighted by molar-refractivity contribution is 0.482. The van der Waals surface area contributed by atoms with E-state index in [0.717, 1.165) is 95.4 Å². The van der Waals surface area contributed by atoms with Gasteiger partial charge in [0.25, 0.3) is 0 Å². The number of pyridine rings is 1. The van der Waals surface area contributed by atoms with Crippen molar-refractivity contribution in [3.8, 4) is 56.4 Å². The molecule has 6 heteroatoms. The average Bonchev–Trinajstić information content (AvgIpc) is 1.58. The van der Waals surface area contributed by atoms with Gasteiger partial charge in [-0.25, -0.2) is 4.98 Å². The minimum Gasteiger partial charge on any atom is -0.457 e. The van der Waals surface area contributed by atoms with Crippen molar-refractivity contribution >= 4 is 66.4 Å². The molecule has 0 saturated heterocycles. The first-order valence-electron chi connectivity index (χ1n) is 32.4. The van der Waals surface area contributed by atoms with Crippen molar-refractivity contribution < 1.29 is 4.74 Å². The summed E-state index contributed by atoms with van der Waals surface area (Å²) in [5.74, 6) is 2.33. The summed E-state index contributed by atoms with van der Waals surface area (Å²) in [5.41, 5.74) is 23.3. The van der Waals surface area contributed by atoms with Gasteiger partial charge in [0.1, 0.15) is 24.0 Å².